The third kappa shape index (κ3) is 3.35. The molecule has 3 unspecified atom stereocenters. The number of nitrogens with two attached hydrogens (primary N) is 1. The monoisotopic (exact) mass is 269 g/mol. The van der Waals surface area contributed by atoms with Crippen LogP contribution < -0.4 is 5.73 Å². The van der Waals surface area contributed by atoms with Crippen LogP contribution in [0, 0.1) is 0 Å². The Morgan fingerprint density at radius 2 is 1.72 bits per heavy atom. The number of hydrogen-bond acceptors (Lipinski definition) is 4. The molecule has 2 N–H and O–H groups in total. The predicted octanol–water partition coefficient (Wildman–Crippen LogP) is 1.77. The zero-order chi connectivity index (χ0) is 14.1. The molecule has 4 nitrogen and oxygen atoms in total. The summed E-state index contributed by atoms with van der Waals surface area (Å²) in [5.74, 6) is -1.44. The fourth-order valence-electron chi connectivity index (χ4n) is 1.83. The van der Waals surface area contributed by atoms with Crippen molar-refractivity contribution in [2.75, 3.05) is 0 Å². The van der Waals surface area contributed by atoms with E-state index in [4.69, 9.17) is 15.2 Å². The first-order valence-electron chi connectivity index (χ1n) is 5.76. The summed E-state index contributed by atoms with van der Waals surface area (Å²) >= 11 is 0. The van der Waals surface area contributed by atoms with E-state index in [1.807, 2.05) is 0 Å². The molecule has 0 amide bonds. The predicted molar refractivity (Wildman–Crippen MR) is 57.8 cm³/mol. The first-order chi connectivity index (χ1) is 8.04. The van der Waals surface area contributed by atoms with Crippen molar-refractivity contribution in [2.45, 2.75) is 63.6 Å². The number of hydrogen-bond donors (Lipinski definition) is 1. The van der Waals surface area contributed by atoms with Crippen LogP contribution in [0.5, 0.6) is 0 Å². The molecule has 0 aromatic carbocycles. The number of carbonyl (C=O) groups is 1. The molecule has 0 radical (unpaired) electrons. The van der Waals surface area contributed by atoms with Crippen LogP contribution in [0.3, 0.4) is 0 Å². The lowest BCUT2D eigenvalue weighted by Gasteiger charge is -2.34. The average molecular weight is 269 g/mol. The van der Waals surface area contributed by atoms with Crippen molar-refractivity contribution < 1.29 is 27.4 Å². The Kier molecular flexibility index (Phi) is 4.27. The molecule has 0 bridgehead atoms. The molecule has 1 fully saturated rings. The van der Waals surface area contributed by atoms with E-state index in [1.54, 1.807) is 13.8 Å². The molecular formula is C11H18F3NO3. The molecule has 106 valence electrons. The van der Waals surface area contributed by atoms with Gasteiger partial charge in [-0.3, -0.25) is 0 Å². The largest absolute Gasteiger partial charge is 0.461 e. The van der Waals surface area contributed by atoms with E-state index in [0.29, 0.717) is 19.8 Å². The standard InChI is InChI=1S/C11H18F3NO3/c1-6-4-8(5-7(2)17-6)18-9(16)10(3,15)11(12,13)14/h6-8H,4-5,15H2,1-3H3. The van der Waals surface area contributed by atoms with Gasteiger partial charge in [-0.25, -0.2) is 4.79 Å². The van der Waals surface area contributed by atoms with Gasteiger partial charge >= 0.3 is 12.1 Å². The van der Waals surface area contributed by atoms with Crippen molar-refractivity contribution in [3.05, 3.63) is 0 Å². The van der Waals surface area contributed by atoms with E-state index in [0.717, 1.165) is 0 Å². The number of esters is 1. The molecule has 18 heavy (non-hydrogen) atoms. The van der Waals surface area contributed by atoms with Gasteiger partial charge in [0.25, 0.3) is 0 Å². The highest BCUT2D eigenvalue weighted by atomic mass is 19.4. The molecule has 7 heteroatoms. The lowest BCUT2D eigenvalue weighted by molar-refractivity contribution is -0.209. The second-order valence-electron chi connectivity index (χ2n) is 4.96. The van der Waals surface area contributed by atoms with Gasteiger partial charge < -0.3 is 15.2 Å². The van der Waals surface area contributed by atoms with E-state index in [9.17, 15) is 18.0 Å². The molecule has 0 aromatic heterocycles. The maximum Gasteiger partial charge on any atom is 0.416 e. The van der Waals surface area contributed by atoms with E-state index in [-0.39, 0.29) is 12.2 Å². The smallest absolute Gasteiger partial charge is 0.416 e. The molecule has 3 atom stereocenters. The van der Waals surface area contributed by atoms with Gasteiger partial charge in [-0.05, 0) is 20.8 Å². The SMILES string of the molecule is CC1CC(OC(=O)C(C)(N)C(F)(F)F)CC(C)O1. The maximum atomic E-state index is 12.5. The number of carbonyl (C=O) groups excluding carboxylic acids is 1. The molecule has 1 aliphatic rings. The van der Waals surface area contributed by atoms with Crippen molar-refractivity contribution in [3.8, 4) is 0 Å². The molecule has 0 aliphatic carbocycles. The van der Waals surface area contributed by atoms with Crippen LogP contribution in [0.1, 0.15) is 33.6 Å². The Morgan fingerprint density at radius 1 is 1.28 bits per heavy atom. The van der Waals surface area contributed by atoms with Gasteiger partial charge in [-0.15, -0.1) is 0 Å². The summed E-state index contributed by atoms with van der Waals surface area (Å²) < 4.78 is 47.9. The molecular weight excluding hydrogens is 251 g/mol. The highest BCUT2D eigenvalue weighted by Gasteiger charge is 2.55. The molecule has 0 spiro atoms. The van der Waals surface area contributed by atoms with Gasteiger partial charge in [0.2, 0.25) is 5.54 Å². The van der Waals surface area contributed by atoms with Gasteiger partial charge in [-0.1, -0.05) is 0 Å². The topological polar surface area (TPSA) is 61.5 Å². The van der Waals surface area contributed by atoms with E-state index < -0.39 is 23.8 Å². The second kappa shape index (κ2) is 5.05. The van der Waals surface area contributed by atoms with Crippen molar-refractivity contribution in [3.63, 3.8) is 0 Å². The highest BCUT2D eigenvalue weighted by Crippen LogP contribution is 2.30. The summed E-state index contributed by atoms with van der Waals surface area (Å²) in [6.45, 7) is 4.17. The van der Waals surface area contributed by atoms with Crippen LogP contribution in [-0.4, -0.2) is 36.0 Å². The molecule has 0 aromatic rings. The van der Waals surface area contributed by atoms with Crippen molar-refractivity contribution in [2.24, 2.45) is 5.73 Å². The summed E-state index contributed by atoms with van der Waals surface area (Å²) in [4.78, 5) is 11.5. The number of rotatable bonds is 2. The molecule has 1 aliphatic heterocycles. The zero-order valence-electron chi connectivity index (χ0n) is 10.6. The fraction of sp³-hybridized carbons (Fsp3) is 0.909. The Labute approximate surface area is 104 Å². The third-order valence-electron chi connectivity index (χ3n) is 2.94. The number of halogens is 3. The Bertz CT molecular complexity index is 307. The van der Waals surface area contributed by atoms with Crippen LogP contribution in [-0.2, 0) is 14.3 Å². The van der Waals surface area contributed by atoms with Crippen LogP contribution in [0.15, 0.2) is 0 Å². The van der Waals surface area contributed by atoms with Crippen LogP contribution in [0.4, 0.5) is 13.2 Å². The van der Waals surface area contributed by atoms with Gasteiger partial charge in [0.15, 0.2) is 0 Å². The first kappa shape index (κ1) is 15.2. The Balaban J connectivity index is 2.65. The number of ether oxygens (including phenoxy) is 2. The number of alkyl halides is 3. The summed E-state index contributed by atoms with van der Waals surface area (Å²) in [7, 11) is 0. The van der Waals surface area contributed by atoms with Crippen molar-refractivity contribution in [1.29, 1.82) is 0 Å². The quantitative estimate of drug-likeness (QED) is 0.776. The fourth-order valence-corrected chi connectivity index (χ4v) is 1.83. The minimum absolute atomic E-state index is 0.151. The summed E-state index contributed by atoms with van der Waals surface area (Å²) in [6, 6.07) is 0. The van der Waals surface area contributed by atoms with E-state index >= 15 is 0 Å². The van der Waals surface area contributed by atoms with Crippen molar-refractivity contribution in [1.82, 2.24) is 0 Å². The van der Waals surface area contributed by atoms with Crippen LogP contribution in [0.25, 0.3) is 0 Å². The van der Waals surface area contributed by atoms with E-state index in [1.165, 1.54) is 0 Å². The first-order valence-corrected chi connectivity index (χ1v) is 5.76. The second-order valence-corrected chi connectivity index (χ2v) is 4.96. The molecule has 1 heterocycles. The lowest BCUT2D eigenvalue weighted by Crippen LogP contribution is -2.58. The lowest BCUT2D eigenvalue weighted by atomic mass is 10.0. The highest BCUT2D eigenvalue weighted by molar-refractivity contribution is 5.81. The van der Waals surface area contributed by atoms with Crippen LogP contribution in [0.2, 0.25) is 0 Å². The third-order valence-corrected chi connectivity index (χ3v) is 2.94. The normalized spacial score (nSPS) is 32.7. The van der Waals surface area contributed by atoms with Crippen LogP contribution >= 0.6 is 0 Å². The van der Waals surface area contributed by atoms with Gasteiger partial charge in [0, 0.05) is 12.8 Å². The molecule has 1 rings (SSSR count). The molecule has 1 saturated heterocycles. The average Bonchev–Trinajstić information content (AvgIpc) is 2.13. The minimum Gasteiger partial charge on any atom is -0.461 e. The van der Waals surface area contributed by atoms with Crippen molar-refractivity contribution >= 4 is 5.97 Å². The Hall–Kier alpha value is -0.820. The summed E-state index contributed by atoms with van der Waals surface area (Å²) in [6.07, 6.45) is -4.95. The van der Waals surface area contributed by atoms with Gasteiger partial charge in [0.05, 0.1) is 12.2 Å². The van der Waals surface area contributed by atoms with Gasteiger partial charge in [0.1, 0.15) is 6.10 Å². The molecule has 0 saturated carbocycles. The van der Waals surface area contributed by atoms with E-state index in [2.05, 4.69) is 0 Å². The maximum absolute atomic E-state index is 12.5. The summed E-state index contributed by atoms with van der Waals surface area (Å²) in [5, 5.41) is 0. The Morgan fingerprint density at radius 3 is 2.11 bits per heavy atom. The summed E-state index contributed by atoms with van der Waals surface area (Å²) in [5.41, 5.74) is 2.02. The zero-order valence-corrected chi connectivity index (χ0v) is 10.6. The van der Waals surface area contributed by atoms with Gasteiger partial charge in [-0.2, -0.15) is 13.2 Å². The minimum atomic E-state index is -4.83.